The maximum absolute atomic E-state index is 12.3. The predicted molar refractivity (Wildman–Crippen MR) is 62.4 cm³/mol. The zero-order valence-corrected chi connectivity index (χ0v) is 10.4. The Morgan fingerprint density at radius 2 is 1.94 bits per heavy atom. The number of aryl methyl sites for hydroxylation is 1. The number of thioether (sulfide) groups is 1. The van der Waals surface area contributed by atoms with Gasteiger partial charge in [-0.2, -0.15) is 13.2 Å². The molecule has 0 saturated carbocycles. The second-order valence-corrected chi connectivity index (χ2v) is 4.61. The third-order valence-corrected chi connectivity index (χ3v) is 3.16. The largest absolute Gasteiger partial charge is 0.446 e. The topological polar surface area (TPSA) is 17.1 Å². The van der Waals surface area contributed by atoms with E-state index in [1.54, 1.807) is 19.9 Å². The first-order chi connectivity index (χ1) is 7.87. The molecule has 0 unspecified atom stereocenters. The zero-order valence-electron chi connectivity index (χ0n) is 9.60. The van der Waals surface area contributed by atoms with E-state index in [2.05, 4.69) is 0 Å². The molecule has 1 aromatic carbocycles. The molecule has 0 aliphatic rings. The summed E-state index contributed by atoms with van der Waals surface area (Å²) in [6.45, 7) is 3.50. The van der Waals surface area contributed by atoms with E-state index in [1.807, 2.05) is 0 Å². The normalized spacial score (nSPS) is 11.6. The summed E-state index contributed by atoms with van der Waals surface area (Å²) in [6.07, 6.45) is 0.832. The fourth-order valence-electron chi connectivity index (χ4n) is 1.46. The molecular formula is C12H13F3OS. The van der Waals surface area contributed by atoms with E-state index in [9.17, 15) is 18.0 Å². The minimum Gasteiger partial charge on any atom is -0.294 e. The van der Waals surface area contributed by atoms with Crippen LogP contribution in [0.4, 0.5) is 13.2 Å². The average molecular weight is 262 g/mol. The van der Waals surface area contributed by atoms with Gasteiger partial charge in [-0.25, -0.2) is 0 Å². The average Bonchev–Trinajstić information content (AvgIpc) is 2.26. The maximum atomic E-state index is 12.3. The maximum Gasteiger partial charge on any atom is 0.446 e. The van der Waals surface area contributed by atoms with E-state index < -0.39 is 5.51 Å². The van der Waals surface area contributed by atoms with E-state index >= 15 is 0 Å². The lowest BCUT2D eigenvalue weighted by Gasteiger charge is -2.11. The first kappa shape index (κ1) is 14.1. The Morgan fingerprint density at radius 1 is 1.29 bits per heavy atom. The van der Waals surface area contributed by atoms with Gasteiger partial charge in [0.2, 0.25) is 0 Å². The monoisotopic (exact) mass is 262 g/mol. The van der Waals surface area contributed by atoms with E-state index in [-0.39, 0.29) is 22.4 Å². The molecule has 1 rings (SSSR count). The number of carbonyl (C=O) groups is 1. The zero-order chi connectivity index (χ0) is 13.1. The Kier molecular flexibility index (Phi) is 4.62. The third-order valence-electron chi connectivity index (χ3n) is 2.31. The molecule has 0 aliphatic carbocycles. The van der Waals surface area contributed by atoms with Crippen LogP contribution in [-0.4, -0.2) is 11.3 Å². The van der Waals surface area contributed by atoms with Crippen molar-refractivity contribution in [1.82, 2.24) is 0 Å². The number of rotatable bonds is 4. The molecule has 0 atom stereocenters. The van der Waals surface area contributed by atoms with Crippen molar-refractivity contribution < 1.29 is 18.0 Å². The summed E-state index contributed by atoms with van der Waals surface area (Å²) in [4.78, 5) is 11.6. The lowest BCUT2D eigenvalue weighted by atomic mass is 10.0. The number of hydrogen-bond donors (Lipinski definition) is 0. The van der Waals surface area contributed by atoms with Crippen molar-refractivity contribution in [3.05, 3.63) is 29.3 Å². The van der Waals surface area contributed by atoms with Crippen molar-refractivity contribution in [2.24, 2.45) is 0 Å². The van der Waals surface area contributed by atoms with Crippen molar-refractivity contribution in [3.63, 3.8) is 0 Å². The highest BCUT2D eigenvalue weighted by Gasteiger charge is 2.30. The van der Waals surface area contributed by atoms with Crippen molar-refractivity contribution >= 4 is 17.5 Å². The number of benzene rings is 1. The summed E-state index contributed by atoms with van der Waals surface area (Å²) >= 11 is -0.131. The van der Waals surface area contributed by atoms with Gasteiger partial charge in [-0.15, -0.1) is 0 Å². The van der Waals surface area contributed by atoms with E-state index in [0.717, 1.165) is 0 Å². The molecule has 0 aliphatic heterocycles. The molecule has 0 amide bonds. The lowest BCUT2D eigenvalue weighted by Crippen LogP contribution is -2.03. The lowest BCUT2D eigenvalue weighted by molar-refractivity contribution is -0.0328. The van der Waals surface area contributed by atoms with Crippen LogP contribution in [0.3, 0.4) is 0 Å². The molecule has 1 aromatic rings. The van der Waals surface area contributed by atoms with Gasteiger partial charge in [0.05, 0.1) is 0 Å². The van der Waals surface area contributed by atoms with Gasteiger partial charge in [0.25, 0.3) is 0 Å². The van der Waals surface area contributed by atoms with Crippen LogP contribution in [0.1, 0.15) is 36.2 Å². The number of ketones is 1. The fraction of sp³-hybridized carbons (Fsp3) is 0.417. The molecule has 0 fully saturated rings. The molecule has 0 saturated heterocycles. The second-order valence-electron chi connectivity index (χ2n) is 3.50. The van der Waals surface area contributed by atoms with Gasteiger partial charge in [0, 0.05) is 16.9 Å². The standard InChI is InChI=1S/C12H13F3OS/c1-3-8-7-9(10(16)4-2)5-6-11(8)17-12(13,14)15/h5-7H,3-4H2,1-2H3. The molecule has 94 valence electrons. The van der Waals surface area contributed by atoms with Gasteiger partial charge in [-0.05, 0) is 35.9 Å². The van der Waals surface area contributed by atoms with Crippen LogP contribution in [0, 0.1) is 0 Å². The Bertz CT molecular complexity index is 413. The van der Waals surface area contributed by atoms with Crippen LogP contribution >= 0.6 is 11.8 Å². The summed E-state index contributed by atoms with van der Waals surface area (Å²) in [5.74, 6) is -0.0525. The highest BCUT2D eigenvalue weighted by Crippen LogP contribution is 2.38. The van der Waals surface area contributed by atoms with Crippen LogP contribution in [-0.2, 0) is 6.42 Å². The molecule has 17 heavy (non-hydrogen) atoms. The smallest absolute Gasteiger partial charge is 0.294 e. The SMILES string of the molecule is CCC(=O)c1ccc(SC(F)(F)F)c(CC)c1. The van der Waals surface area contributed by atoms with Gasteiger partial charge < -0.3 is 0 Å². The minimum absolute atomic E-state index is 0.0525. The summed E-state index contributed by atoms with van der Waals surface area (Å²) in [7, 11) is 0. The van der Waals surface area contributed by atoms with Gasteiger partial charge in [0.15, 0.2) is 5.78 Å². The van der Waals surface area contributed by atoms with Crippen LogP contribution in [0.5, 0.6) is 0 Å². The van der Waals surface area contributed by atoms with Gasteiger partial charge >= 0.3 is 5.51 Å². The molecule has 1 nitrogen and oxygen atoms in total. The number of hydrogen-bond acceptors (Lipinski definition) is 2. The second kappa shape index (κ2) is 5.58. The van der Waals surface area contributed by atoms with Gasteiger partial charge in [-0.3, -0.25) is 4.79 Å². The molecule has 0 spiro atoms. The molecule has 0 N–H and O–H groups in total. The Morgan fingerprint density at radius 3 is 2.41 bits per heavy atom. The van der Waals surface area contributed by atoms with Crippen molar-refractivity contribution in [1.29, 1.82) is 0 Å². The van der Waals surface area contributed by atoms with Crippen molar-refractivity contribution in [2.45, 2.75) is 37.1 Å². The highest BCUT2D eigenvalue weighted by molar-refractivity contribution is 8.00. The summed E-state index contributed by atoms with van der Waals surface area (Å²) < 4.78 is 36.8. The van der Waals surface area contributed by atoms with Gasteiger partial charge in [0.1, 0.15) is 0 Å². The molecule has 0 aromatic heterocycles. The number of carbonyl (C=O) groups excluding carboxylic acids is 1. The number of alkyl halides is 3. The quantitative estimate of drug-likeness (QED) is 0.589. The van der Waals surface area contributed by atoms with Crippen LogP contribution < -0.4 is 0 Å². The van der Waals surface area contributed by atoms with E-state index in [1.165, 1.54) is 12.1 Å². The fourth-order valence-corrected chi connectivity index (χ4v) is 2.18. The molecule has 0 bridgehead atoms. The molecular weight excluding hydrogens is 249 g/mol. The van der Waals surface area contributed by atoms with Crippen LogP contribution in [0.25, 0.3) is 0 Å². The summed E-state index contributed by atoms with van der Waals surface area (Å²) in [5, 5.41) is 0. The predicted octanol–water partition coefficient (Wildman–Crippen LogP) is 4.45. The minimum atomic E-state index is -4.29. The van der Waals surface area contributed by atoms with Crippen molar-refractivity contribution in [2.75, 3.05) is 0 Å². The van der Waals surface area contributed by atoms with Crippen molar-refractivity contribution in [3.8, 4) is 0 Å². The van der Waals surface area contributed by atoms with E-state index in [4.69, 9.17) is 0 Å². The van der Waals surface area contributed by atoms with Crippen LogP contribution in [0.2, 0.25) is 0 Å². The number of Topliss-reactive ketones (excluding diaryl/α,β-unsaturated/α-hetero) is 1. The molecule has 0 radical (unpaired) electrons. The Labute approximate surface area is 102 Å². The third kappa shape index (κ3) is 4.07. The van der Waals surface area contributed by atoms with Gasteiger partial charge in [-0.1, -0.05) is 19.9 Å². The number of halogens is 3. The summed E-state index contributed by atoms with van der Waals surface area (Å²) in [5.41, 5.74) is -3.25. The molecule has 0 heterocycles. The molecule has 5 heteroatoms. The first-order valence-corrected chi connectivity index (χ1v) is 6.11. The van der Waals surface area contributed by atoms with Crippen LogP contribution in [0.15, 0.2) is 23.1 Å². The summed E-state index contributed by atoms with van der Waals surface area (Å²) in [6, 6.07) is 4.39. The highest BCUT2D eigenvalue weighted by atomic mass is 32.2. The Hall–Kier alpha value is -0.970. The van der Waals surface area contributed by atoms with E-state index in [0.29, 0.717) is 24.0 Å². The first-order valence-electron chi connectivity index (χ1n) is 5.29. The Balaban J connectivity index is 3.05.